The number of carbonyl (C=O) groups is 1. The fraction of sp³-hybridized carbons (Fsp3) is 0.588. The molecule has 3 rings (SSSR count). The molecule has 1 amide bonds. The Kier molecular flexibility index (Phi) is 4.88. The Labute approximate surface area is 126 Å². The van der Waals surface area contributed by atoms with E-state index in [0.717, 1.165) is 38.2 Å². The highest BCUT2D eigenvalue weighted by Gasteiger charge is 2.22. The number of rotatable bonds is 5. The van der Waals surface area contributed by atoms with E-state index < -0.39 is 0 Å². The van der Waals surface area contributed by atoms with E-state index >= 15 is 0 Å². The Balaban J connectivity index is 1.47. The van der Waals surface area contributed by atoms with E-state index in [-0.39, 0.29) is 11.8 Å². The van der Waals surface area contributed by atoms with Crippen molar-refractivity contribution in [1.82, 2.24) is 10.2 Å². The minimum Gasteiger partial charge on any atom is -0.326 e. The average Bonchev–Trinajstić information content (AvgIpc) is 3.20. The zero-order valence-electron chi connectivity index (χ0n) is 12.6. The maximum absolute atomic E-state index is 12.0. The van der Waals surface area contributed by atoms with Gasteiger partial charge in [-0.1, -0.05) is 12.1 Å². The van der Waals surface area contributed by atoms with Crippen LogP contribution in [0.1, 0.15) is 24.8 Å². The molecule has 4 nitrogen and oxygen atoms in total. The molecule has 0 radical (unpaired) electrons. The SMILES string of the molecule is O=C(Nc1ccc(CCN2CCCC2)cc1)C1CCNC1. The molecule has 0 saturated carbocycles. The van der Waals surface area contributed by atoms with Gasteiger partial charge in [-0.3, -0.25) is 4.79 Å². The number of carbonyl (C=O) groups excluding carboxylic acids is 1. The van der Waals surface area contributed by atoms with Gasteiger partial charge in [0.25, 0.3) is 0 Å². The first-order valence-electron chi connectivity index (χ1n) is 8.14. The van der Waals surface area contributed by atoms with Gasteiger partial charge in [0.15, 0.2) is 0 Å². The fourth-order valence-electron chi connectivity index (χ4n) is 3.17. The van der Waals surface area contributed by atoms with Crippen molar-refractivity contribution < 1.29 is 4.79 Å². The molecule has 2 aliphatic heterocycles. The van der Waals surface area contributed by atoms with Crippen LogP contribution in [0, 0.1) is 5.92 Å². The minimum atomic E-state index is 0.125. The van der Waals surface area contributed by atoms with Gasteiger partial charge in [-0.05, 0) is 63.0 Å². The maximum atomic E-state index is 12.0. The quantitative estimate of drug-likeness (QED) is 0.869. The van der Waals surface area contributed by atoms with E-state index in [9.17, 15) is 4.79 Å². The number of amides is 1. The molecule has 114 valence electrons. The molecular weight excluding hydrogens is 262 g/mol. The van der Waals surface area contributed by atoms with Crippen molar-refractivity contribution >= 4 is 11.6 Å². The first kappa shape index (κ1) is 14.5. The summed E-state index contributed by atoms with van der Waals surface area (Å²) in [5.41, 5.74) is 2.26. The van der Waals surface area contributed by atoms with Gasteiger partial charge in [-0.15, -0.1) is 0 Å². The summed E-state index contributed by atoms with van der Waals surface area (Å²) in [6.45, 7) is 5.42. The number of nitrogens with zero attached hydrogens (tertiary/aromatic N) is 1. The zero-order valence-corrected chi connectivity index (χ0v) is 12.6. The van der Waals surface area contributed by atoms with Crippen molar-refractivity contribution in [2.45, 2.75) is 25.7 Å². The Morgan fingerprint density at radius 1 is 1.24 bits per heavy atom. The Bertz CT molecular complexity index is 459. The third-order valence-electron chi connectivity index (χ3n) is 4.57. The molecule has 2 fully saturated rings. The van der Waals surface area contributed by atoms with E-state index in [1.807, 2.05) is 12.1 Å². The van der Waals surface area contributed by atoms with Gasteiger partial charge in [0.05, 0.1) is 5.92 Å². The van der Waals surface area contributed by atoms with Gasteiger partial charge in [0.2, 0.25) is 5.91 Å². The van der Waals surface area contributed by atoms with Crippen molar-refractivity contribution in [3.8, 4) is 0 Å². The topological polar surface area (TPSA) is 44.4 Å². The molecule has 21 heavy (non-hydrogen) atoms. The molecule has 2 aliphatic rings. The molecule has 0 aromatic heterocycles. The molecule has 2 heterocycles. The van der Waals surface area contributed by atoms with Crippen LogP contribution in [0.2, 0.25) is 0 Å². The standard InChI is InChI=1S/C17H25N3O/c21-17(15-7-9-18-13-15)19-16-5-3-14(4-6-16)8-12-20-10-1-2-11-20/h3-6,15,18H,1-2,7-13H2,(H,19,21). The number of benzene rings is 1. The second-order valence-corrected chi connectivity index (χ2v) is 6.17. The summed E-state index contributed by atoms with van der Waals surface area (Å²) in [7, 11) is 0. The number of likely N-dealkylation sites (tertiary alicyclic amines) is 1. The predicted molar refractivity (Wildman–Crippen MR) is 85.4 cm³/mol. The highest BCUT2D eigenvalue weighted by atomic mass is 16.1. The highest BCUT2D eigenvalue weighted by molar-refractivity contribution is 5.92. The van der Waals surface area contributed by atoms with Gasteiger partial charge >= 0.3 is 0 Å². The van der Waals surface area contributed by atoms with Crippen LogP contribution in [0.15, 0.2) is 24.3 Å². The summed E-state index contributed by atoms with van der Waals surface area (Å²) in [5.74, 6) is 0.268. The van der Waals surface area contributed by atoms with Crippen LogP contribution in [0.25, 0.3) is 0 Å². The molecule has 0 spiro atoms. The number of hydrogen-bond donors (Lipinski definition) is 2. The number of anilines is 1. The van der Waals surface area contributed by atoms with Gasteiger partial charge in [0, 0.05) is 18.8 Å². The van der Waals surface area contributed by atoms with Gasteiger partial charge in [-0.2, -0.15) is 0 Å². The molecule has 4 heteroatoms. The molecule has 0 aliphatic carbocycles. The molecule has 1 aromatic rings. The highest BCUT2D eigenvalue weighted by Crippen LogP contribution is 2.15. The smallest absolute Gasteiger partial charge is 0.228 e. The van der Waals surface area contributed by atoms with Crippen LogP contribution in [0.5, 0.6) is 0 Å². The Morgan fingerprint density at radius 3 is 2.67 bits per heavy atom. The lowest BCUT2D eigenvalue weighted by atomic mass is 10.1. The van der Waals surface area contributed by atoms with E-state index in [2.05, 4.69) is 27.7 Å². The Hall–Kier alpha value is -1.39. The third-order valence-corrected chi connectivity index (χ3v) is 4.57. The summed E-state index contributed by atoms with van der Waals surface area (Å²) < 4.78 is 0. The Morgan fingerprint density at radius 2 is 2.00 bits per heavy atom. The molecular formula is C17H25N3O. The summed E-state index contributed by atoms with van der Waals surface area (Å²) in [6.07, 6.45) is 4.74. The van der Waals surface area contributed by atoms with E-state index in [0.29, 0.717) is 0 Å². The third kappa shape index (κ3) is 4.05. The van der Waals surface area contributed by atoms with Crippen LogP contribution in [-0.4, -0.2) is 43.5 Å². The maximum Gasteiger partial charge on any atom is 0.228 e. The normalized spacial score (nSPS) is 22.6. The molecule has 1 aromatic carbocycles. The van der Waals surface area contributed by atoms with Crippen molar-refractivity contribution in [2.24, 2.45) is 5.92 Å². The largest absolute Gasteiger partial charge is 0.326 e. The van der Waals surface area contributed by atoms with Gasteiger partial charge < -0.3 is 15.5 Å². The number of hydrogen-bond acceptors (Lipinski definition) is 3. The van der Waals surface area contributed by atoms with Crippen LogP contribution >= 0.6 is 0 Å². The van der Waals surface area contributed by atoms with Crippen molar-refractivity contribution in [1.29, 1.82) is 0 Å². The summed E-state index contributed by atoms with van der Waals surface area (Å²) in [4.78, 5) is 14.6. The zero-order chi connectivity index (χ0) is 14.5. The average molecular weight is 287 g/mol. The second-order valence-electron chi connectivity index (χ2n) is 6.17. The first-order chi connectivity index (χ1) is 10.3. The second kappa shape index (κ2) is 7.05. The molecule has 1 unspecified atom stereocenters. The lowest BCUT2D eigenvalue weighted by Crippen LogP contribution is -2.24. The fourth-order valence-corrected chi connectivity index (χ4v) is 3.17. The first-order valence-corrected chi connectivity index (χ1v) is 8.14. The summed E-state index contributed by atoms with van der Waals surface area (Å²) >= 11 is 0. The molecule has 1 atom stereocenters. The molecule has 2 N–H and O–H groups in total. The minimum absolute atomic E-state index is 0.125. The van der Waals surface area contributed by atoms with Crippen LogP contribution in [0.4, 0.5) is 5.69 Å². The van der Waals surface area contributed by atoms with Gasteiger partial charge in [-0.25, -0.2) is 0 Å². The van der Waals surface area contributed by atoms with Crippen LogP contribution in [-0.2, 0) is 11.2 Å². The predicted octanol–water partition coefficient (Wildman–Crippen LogP) is 1.87. The lowest BCUT2D eigenvalue weighted by molar-refractivity contribution is -0.119. The van der Waals surface area contributed by atoms with Gasteiger partial charge in [0.1, 0.15) is 0 Å². The van der Waals surface area contributed by atoms with Crippen molar-refractivity contribution in [2.75, 3.05) is 38.0 Å². The van der Waals surface area contributed by atoms with E-state index in [4.69, 9.17) is 0 Å². The molecule has 2 saturated heterocycles. The van der Waals surface area contributed by atoms with Crippen molar-refractivity contribution in [3.63, 3.8) is 0 Å². The lowest BCUT2D eigenvalue weighted by Gasteiger charge is -2.14. The summed E-state index contributed by atoms with van der Waals surface area (Å²) in [5, 5.41) is 6.24. The monoisotopic (exact) mass is 287 g/mol. The molecule has 0 bridgehead atoms. The summed E-state index contributed by atoms with van der Waals surface area (Å²) in [6, 6.07) is 8.33. The van der Waals surface area contributed by atoms with Crippen LogP contribution < -0.4 is 10.6 Å². The number of nitrogens with one attached hydrogen (secondary N) is 2. The van der Waals surface area contributed by atoms with Crippen LogP contribution in [0.3, 0.4) is 0 Å². The van der Waals surface area contributed by atoms with E-state index in [1.165, 1.54) is 31.5 Å². The van der Waals surface area contributed by atoms with Crippen molar-refractivity contribution in [3.05, 3.63) is 29.8 Å². The van der Waals surface area contributed by atoms with E-state index in [1.54, 1.807) is 0 Å².